The molecule has 0 fully saturated rings. The lowest BCUT2D eigenvalue weighted by Crippen LogP contribution is -2.05. The summed E-state index contributed by atoms with van der Waals surface area (Å²) in [7, 11) is 1.56. The zero-order chi connectivity index (χ0) is 14.7. The van der Waals surface area contributed by atoms with Crippen molar-refractivity contribution in [2.75, 3.05) is 7.11 Å². The van der Waals surface area contributed by atoms with Crippen molar-refractivity contribution in [1.82, 2.24) is 0 Å². The molecule has 3 rings (SSSR count). The summed E-state index contributed by atoms with van der Waals surface area (Å²) in [6.45, 7) is 0. The van der Waals surface area contributed by atoms with E-state index in [0.29, 0.717) is 22.3 Å². The van der Waals surface area contributed by atoms with Gasteiger partial charge in [-0.3, -0.25) is 4.79 Å². The normalized spacial score (nSPS) is 9.95. The molecule has 0 saturated carbocycles. The first-order valence-corrected chi connectivity index (χ1v) is 6.44. The predicted octanol–water partition coefficient (Wildman–Crippen LogP) is 3.20. The van der Waals surface area contributed by atoms with Crippen LogP contribution in [0.4, 0.5) is 0 Å². The van der Waals surface area contributed by atoms with Gasteiger partial charge in [0.15, 0.2) is 0 Å². The van der Waals surface area contributed by atoms with Gasteiger partial charge < -0.3 is 9.15 Å². The van der Waals surface area contributed by atoms with Gasteiger partial charge in [0.05, 0.1) is 12.5 Å². The van der Waals surface area contributed by atoms with Gasteiger partial charge >= 0.3 is 0 Å². The molecule has 2 aromatic carbocycles. The fourth-order valence-corrected chi connectivity index (χ4v) is 1.98. The van der Waals surface area contributed by atoms with Gasteiger partial charge in [-0.05, 0) is 30.3 Å². The summed E-state index contributed by atoms with van der Waals surface area (Å²) in [6.07, 6.45) is 1.40. The molecular formula is C18H12O3. The predicted molar refractivity (Wildman–Crippen MR) is 81.5 cm³/mol. The van der Waals surface area contributed by atoms with E-state index in [2.05, 4.69) is 11.8 Å². The Hall–Kier alpha value is -2.99. The summed E-state index contributed by atoms with van der Waals surface area (Å²) < 4.78 is 10.6. The van der Waals surface area contributed by atoms with Gasteiger partial charge in [0.2, 0.25) is 5.43 Å². The molecule has 1 heterocycles. The van der Waals surface area contributed by atoms with E-state index < -0.39 is 0 Å². The van der Waals surface area contributed by atoms with Crippen LogP contribution in [0, 0.1) is 11.8 Å². The smallest absolute Gasteiger partial charge is 0.208 e. The van der Waals surface area contributed by atoms with Gasteiger partial charge in [-0.15, -0.1) is 0 Å². The maximum atomic E-state index is 12.4. The maximum absolute atomic E-state index is 12.4. The van der Waals surface area contributed by atoms with Crippen LogP contribution in [0.1, 0.15) is 11.1 Å². The Morgan fingerprint density at radius 2 is 1.86 bits per heavy atom. The standard InChI is InChI=1S/C18H12O3/c1-20-15-9-10-17-16(11-15)18(19)14(12-21-17)8-7-13-5-3-2-4-6-13/h2-6,9-12H,1H3. The van der Waals surface area contributed by atoms with Crippen molar-refractivity contribution in [3.05, 3.63) is 76.1 Å². The highest BCUT2D eigenvalue weighted by Gasteiger charge is 2.06. The van der Waals surface area contributed by atoms with Crippen LogP contribution in [0.3, 0.4) is 0 Å². The Morgan fingerprint density at radius 3 is 2.62 bits per heavy atom. The molecule has 21 heavy (non-hydrogen) atoms. The first-order chi connectivity index (χ1) is 10.3. The second-order valence-electron chi connectivity index (χ2n) is 4.46. The Morgan fingerprint density at radius 1 is 1.05 bits per heavy atom. The Labute approximate surface area is 121 Å². The summed E-state index contributed by atoms with van der Waals surface area (Å²) in [4.78, 5) is 12.4. The average molecular weight is 276 g/mol. The minimum atomic E-state index is -0.154. The molecule has 0 saturated heterocycles. The molecule has 0 unspecified atom stereocenters. The van der Waals surface area contributed by atoms with Crippen LogP contribution in [0.25, 0.3) is 11.0 Å². The monoisotopic (exact) mass is 276 g/mol. The van der Waals surface area contributed by atoms with Crippen LogP contribution in [0.15, 0.2) is 64.0 Å². The summed E-state index contributed by atoms with van der Waals surface area (Å²) >= 11 is 0. The van der Waals surface area contributed by atoms with Crippen LogP contribution >= 0.6 is 0 Å². The molecular weight excluding hydrogens is 264 g/mol. The molecule has 0 N–H and O–H groups in total. The molecule has 3 heteroatoms. The van der Waals surface area contributed by atoms with Crippen molar-refractivity contribution < 1.29 is 9.15 Å². The van der Waals surface area contributed by atoms with Crippen LogP contribution in [0.2, 0.25) is 0 Å². The van der Waals surface area contributed by atoms with Gasteiger partial charge in [0, 0.05) is 5.56 Å². The zero-order valence-corrected chi connectivity index (χ0v) is 11.4. The van der Waals surface area contributed by atoms with Crippen molar-refractivity contribution in [3.63, 3.8) is 0 Å². The quantitative estimate of drug-likeness (QED) is 0.641. The molecule has 102 valence electrons. The second-order valence-corrected chi connectivity index (χ2v) is 4.46. The van der Waals surface area contributed by atoms with E-state index in [1.807, 2.05) is 30.3 Å². The minimum absolute atomic E-state index is 0.154. The number of fused-ring (bicyclic) bond motifs is 1. The van der Waals surface area contributed by atoms with Gasteiger partial charge in [0.1, 0.15) is 23.2 Å². The number of hydrogen-bond acceptors (Lipinski definition) is 3. The van der Waals surface area contributed by atoms with Gasteiger partial charge in [-0.25, -0.2) is 0 Å². The van der Waals surface area contributed by atoms with Crippen LogP contribution in [-0.4, -0.2) is 7.11 Å². The molecule has 3 nitrogen and oxygen atoms in total. The highest BCUT2D eigenvalue weighted by atomic mass is 16.5. The van der Waals surface area contributed by atoms with E-state index >= 15 is 0 Å². The number of methoxy groups -OCH3 is 1. The Bertz CT molecular complexity index is 896. The summed E-state index contributed by atoms with van der Waals surface area (Å²) in [5.41, 5.74) is 1.55. The average Bonchev–Trinajstić information content (AvgIpc) is 2.55. The SMILES string of the molecule is COc1ccc2occ(C#Cc3ccccc3)c(=O)c2c1. The van der Waals surface area contributed by atoms with Crippen LogP contribution in [0.5, 0.6) is 5.75 Å². The van der Waals surface area contributed by atoms with Gasteiger partial charge in [-0.2, -0.15) is 0 Å². The highest BCUT2D eigenvalue weighted by molar-refractivity contribution is 5.79. The third-order valence-electron chi connectivity index (χ3n) is 3.10. The zero-order valence-electron chi connectivity index (χ0n) is 11.4. The van der Waals surface area contributed by atoms with Crippen molar-refractivity contribution in [3.8, 4) is 17.6 Å². The van der Waals surface area contributed by atoms with Crippen molar-refractivity contribution in [2.24, 2.45) is 0 Å². The Kier molecular flexibility index (Phi) is 3.44. The van der Waals surface area contributed by atoms with E-state index in [-0.39, 0.29) is 5.43 Å². The molecule has 0 radical (unpaired) electrons. The molecule has 1 aromatic heterocycles. The molecule has 0 aliphatic rings. The van der Waals surface area contributed by atoms with E-state index in [9.17, 15) is 4.79 Å². The molecule has 0 spiro atoms. The van der Waals surface area contributed by atoms with Crippen LogP contribution < -0.4 is 10.2 Å². The molecule has 0 atom stereocenters. The summed E-state index contributed by atoms with van der Waals surface area (Å²) in [6, 6.07) is 14.6. The maximum Gasteiger partial charge on any atom is 0.208 e. The summed E-state index contributed by atoms with van der Waals surface area (Å²) in [5.74, 6) is 6.43. The molecule has 0 aliphatic heterocycles. The fraction of sp³-hybridized carbons (Fsp3) is 0.0556. The van der Waals surface area contributed by atoms with Gasteiger partial charge in [0.25, 0.3) is 0 Å². The lowest BCUT2D eigenvalue weighted by molar-refractivity contribution is 0.415. The van der Waals surface area contributed by atoms with Crippen molar-refractivity contribution >= 4 is 11.0 Å². The Balaban J connectivity index is 2.10. The molecule has 0 amide bonds. The topological polar surface area (TPSA) is 39.4 Å². The van der Waals surface area contributed by atoms with Crippen LogP contribution in [-0.2, 0) is 0 Å². The molecule has 0 bridgehead atoms. The van der Waals surface area contributed by atoms with E-state index in [1.54, 1.807) is 25.3 Å². The number of rotatable bonds is 1. The third-order valence-corrected chi connectivity index (χ3v) is 3.10. The van der Waals surface area contributed by atoms with Crippen molar-refractivity contribution in [2.45, 2.75) is 0 Å². The van der Waals surface area contributed by atoms with Gasteiger partial charge in [-0.1, -0.05) is 30.0 Å². The second kappa shape index (κ2) is 5.56. The first-order valence-electron chi connectivity index (χ1n) is 6.44. The molecule has 3 aromatic rings. The van der Waals surface area contributed by atoms with E-state index in [1.165, 1.54) is 6.26 Å². The highest BCUT2D eigenvalue weighted by Crippen LogP contribution is 2.18. The number of hydrogen-bond donors (Lipinski definition) is 0. The molecule has 0 aliphatic carbocycles. The van der Waals surface area contributed by atoms with E-state index in [4.69, 9.17) is 9.15 Å². The third kappa shape index (κ3) is 2.65. The number of benzene rings is 2. The minimum Gasteiger partial charge on any atom is -0.497 e. The van der Waals surface area contributed by atoms with Crippen molar-refractivity contribution in [1.29, 1.82) is 0 Å². The largest absolute Gasteiger partial charge is 0.497 e. The number of ether oxygens (including phenoxy) is 1. The fourth-order valence-electron chi connectivity index (χ4n) is 1.98. The first kappa shape index (κ1) is 13.0. The lowest BCUT2D eigenvalue weighted by atomic mass is 10.1. The summed E-state index contributed by atoms with van der Waals surface area (Å²) in [5, 5.41) is 0.467. The van der Waals surface area contributed by atoms with E-state index in [0.717, 1.165) is 5.56 Å². The lowest BCUT2D eigenvalue weighted by Gasteiger charge is -2.01.